The van der Waals surface area contributed by atoms with Gasteiger partial charge in [0, 0.05) is 24.9 Å². The van der Waals surface area contributed by atoms with Crippen LogP contribution in [0, 0.1) is 11.8 Å². The predicted octanol–water partition coefficient (Wildman–Crippen LogP) is 2.74. The largest absolute Gasteiger partial charge is 0.316 e. The fraction of sp³-hybridized carbons (Fsp3) is 0.400. The Balaban J connectivity index is 1.96. The number of aromatic nitrogens is 1. The molecule has 1 aromatic heterocycles. The third-order valence-electron chi connectivity index (χ3n) is 3.97. The summed E-state index contributed by atoms with van der Waals surface area (Å²) in [6.07, 6.45) is 10.7. The molecule has 0 radical (unpaired) electrons. The minimum atomic E-state index is 0.686. The molecule has 2 atom stereocenters. The van der Waals surface area contributed by atoms with Gasteiger partial charge in [-0.05, 0) is 48.1 Å². The number of hydrogen-bond acceptors (Lipinski definition) is 2. The van der Waals surface area contributed by atoms with Crippen LogP contribution in [0.1, 0.15) is 24.0 Å². The molecule has 2 heteroatoms. The zero-order valence-corrected chi connectivity index (χ0v) is 10.0. The average molecular weight is 226 g/mol. The Morgan fingerprint density at radius 1 is 1.35 bits per heavy atom. The number of allylic oxidation sites excluding steroid dienone is 1. The van der Waals surface area contributed by atoms with Crippen molar-refractivity contribution < 1.29 is 0 Å². The van der Waals surface area contributed by atoms with Crippen LogP contribution in [-0.4, -0.2) is 18.1 Å². The zero-order chi connectivity index (χ0) is 11.7. The lowest BCUT2D eigenvalue weighted by Gasteiger charge is -2.26. The molecule has 2 aliphatic rings. The number of fused-ring (bicyclic) bond motifs is 1. The molecule has 0 aromatic carbocycles. The second kappa shape index (κ2) is 4.46. The third kappa shape index (κ3) is 1.93. The summed E-state index contributed by atoms with van der Waals surface area (Å²) in [4.78, 5) is 4.31. The molecule has 0 bridgehead atoms. The third-order valence-corrected chi connectivity index (χ3v) is 3.97. The molecule has 2 nitrogen and oxygen atoms in total. The Morgan fingerprint density at radius 2 is 2.29 bits per heavy atom. The van der Waals surface area contributed by atoms with Crippen LogP contribution in [0.4, 0.5) is 0 Å². The summed E-state index contributed by atoms with van der Waals surface area (Å²) in [6, 6.07) is 2.20. The van der Waals surface area contributed by atoms with Crippen molar-refractivity contribution in [2.24, 2.45) is 11.8 Å². The zero-order valence-electron chi connectivity index (χ0n) is 10.0. The van der Waals surface area contributed by atoms with E-state index in [4.69, 9.17) is 0 Å². The topological polar surface area (TPSA) is 24.9 Å². The van der Waals surface area contributed by atoms with Crippen molar-refractivity contribution in [2.45, 2.75) is 12.8 Å². The fourth-order valence-electron chi connectivity index (χ4n) is 3.06. The highest BCUT2D eigenvalue weighted by molar-refractivity contribution is 5.70. The lowest BCUT2D eigenvalue weighted by molar-refractivity contribution is 0.454. The normalized spacial score (nSPS) is 27.4. The Bertz CT molecular complexity index is 462. The summed E-state index contributed by atoms with van der Waals surface area (Å²) >= 11 is 0. The highest BCUT2D eigenvalue weighted by Crippen LogP contribution is 2.38. The maximum atomic E-state index is 4.31. The molecule has 1 saturated heterocycles. The summed E-state index contributed by atoms with van der Waals surface area (Å²) in [5.74, 6) is 1.51. The van der Waals surface area contributed by atoms with E-state index in [0.717, 1.165) is 18.0 Å². The van der Waals surface area contributed by atoms with E-state index in [1.54, 1.807) is 0 Å². The summed E-state index contributed by atoms with van der Waals surface area (Å²) < 4.78 is 0. The first kappa shape index (κ1) is 10.7. The van der Waals surface area contributed by atoms with Crippen LogP contribution < -0.4 is 5.32 Å². The number of nitrogens with one attached hydrogen (secondary N) is 1. The number of hydrogen-bond donors (Lipinski definition) is 1. The summed E-state index contributed by atoms with van der Waals surface area (Å²) in [5.41, 5.74) is 3.87. The van der Waals surface area contributed by atoms with Gasteiger partial charge in [-0.3, -0.25) is 4.98 Å². The Morgan fingerprint density at radius 3 is 3.18 bits per heavy atom. The number of rotatable bonds is 2. The van der Waals surface area contributed by atoms with Gasteiger partial charge >= 0.3 is 0 Å². The molecule has 0 spiro atoms. The Hall–Kier alpha value is -1.41. The van der Waals surface area contributed by atoms with Gasteiger partial charge in [0.1, 0.15) is 0 Å². The first-order valence-electron chi connectivity index (χ1n) is 6.37. The number of pyridine rings is 1. The molecular formula is C15H18N2. The van der Waals surface area contributed by atoms with Crippen LogP contribution in [-0.2, 0) is 0 Å². The van der Waals surface area contributed by atoms with Gasteiger partial charge in [-0.2, -0.15) is 0 Å². The van der Waals surface area contributed by atoms with Gasteiger partial charge in [0.15, 0.2) is 0 Å². The second-order valence-electron chi connectivity index (χ2n) is 4.97. The van der Waals surface area contributed by atoms with Crippen LogP contribution in [0.3, 0.4) is 0 Å². The summed E-state index contributed by atoms with van der Waals surface area (Å²) in [7, 11) is 0. The van der Waals surface area contributed by atoms with Crippen molar-refractivity contribution in [2.75, 3.05) is 13.1 Å². The van der Waals surface area contributed by atoms with Gasteiger partial charge in [0.2, 0.25) is 0 Å². The second-order valence-corrected chi connectivity index (χ2v) is 4.97. The maximum absolute atomic E-state index is 4.31. The van der Waals surface area contributed by atoms with Gasteiger partial charge in [-0.1, -0.05) is 18.7 Å². The van der Waals surface area contributed by atoms with Crippen LogP contribution >= 0.6 is 0 Å². The molecule has 0 saturated carbocycles. The van der Waals surface area contributed by atoms with Crippen molar-refractivity contribution in [3.05, 3.63) is 42.2 Å². The minimum Gasteiger partial charge on any atom is -0.316 e. The van der Waals surface area contributed by atoms with E-state index in [2.05, 4.69) is 29.0 Å². The van der Waals surface area contributed by atoms with Gasteiger partial charge in [0.05, 0.1) is 0 Å². The number of nitrogens with zero attached hydrogens (tertiary/aromatic N) is 1. The van der Waals surface area contributed by atoms with Crippen LogP contribution in [0.5, 0.6) is 0 Å². The molecule has 0 amide bonds. The maximum Gasteiger partial charge on any atom is 0.0343 e. The lowest BCUT2D eigenvalue weighted by atomic mass is 9.78. The van der Waals surface area contributed by atoms with E-state index in [-0.39, 0.29) is 0 Å². The molecule has 1 aliphatic heterocycles. The predicted molar refractivity (Wildman–Crippen MR) is 71.4 cm³/mol. The van der Waals surface area contributed by atoms with Crippen molar-refractivity contribution in [1.29, 1.82) is 0 Å². The van der Waals surface area contributed by atoms with Gasteiger partial charge in [-0.25, -0.2) is 0 Å². The standard InChI is InChI=1S/C15H18N2/c1-2-11-6-13(9-16-7-11)14-5-3-4-12-8-17-10-15(12)14/h2,5-7,9,12,15,17H,1,3-4,8,10H2/t12-,15+/m0/s1. The molecule has 1 aromatic rings. The van der Waals surface area contributed by atoms with E-state index in [1.807, 2.05) is 18.5 Å². The SMILES string of the molecule is C=Cc1cncc(C2=CCC[C@H]3CNC[C@@H]23)c1. The minimum absolute atomic E-state index is 0.686. The van der Waals surface area contributed by atoms with Gasteiger partial charge in [-0.15, -0.1) is 0 Å². The summed E-state index contributed by atoms with van der Waals surface area (Å²) in [6.45, 7) is 6.11. The smallest absolute Gasteiger partial charge is 0.0343 e. The van der Waals surface area contributed by atoms with Gasteiger partial charge in [0.25, 0.3) is 0 Å². The lowest BCUT2D eigenvalue weighted by Crippen LogP contribution is -2.17. The van der Waals surface area contributed by atoms with Crippen molar-refractivity contribution in [3.8, 4) is 0 Å². The van der Waals surface area contributed by atoms with Crippen LogP contribution in [0.25, 0.3) is 11.6 Å². The molecule has 3 rings (SSSR count). The highest BCUT2D eigenvalue weighted by atomic mass is 14.9. The van der Waals surface area contributed by atoms with E-state index < -0.39 is 0 Å². The van der Waals surface area contributed by atoms with Crippen molar-refractivity contribution in [3.63, 3.8) is 0 Å². The van der Waals surface area contributed by atoms with Crippen LogP contribution in [0.2, 0.25) is 0 Å². The van der Waals surface area contributed by atoms with E-state index in [0.29, 0.717) is 5.92 Å². The summed E-state index contributed by atoms with van der Waals surface area (Å²) in [5, 5.41) is 3.51. The molecule has 1 fully saturated rings. The van der Waals surface area contributed by atoms with E-state index in [1.165, 1.54) is 30.5 Å². The molecule has 0 unspecified atom stereocenters. The first-order chi connectivity index (χ1) is 8.38. The Kier molecular flexibility index (Phi) is 2.81. The molecule has 17 heavy (non-hydrogen) atoms. The van der Waals surface area contributed by atoms with Gasteiger partial charge < -0.3 is 5.32 Å². The highest BCUT2D eigenvalue weighted by Gasteiger charge is 2.32. The molecule has 88 valence electrons. The van der Waals surface area contributed by atoms with Crippen LogP contribution in [0.15, 0.2) is 31.1 Å². The van der Waals surface area contributed by atoms with Crippen molar-refractivity contribution in [1.82, 2.24) is 10.3 Å². The van der Waals surface area contributed by atoms with E-state index >= 15 is 0 Å². The molecular weight excluding hydrogens is 208 g/mol. The molecule has 1 aliphatic carbocycles. The fourth-order valence-corrected chi connectivity index (χ4v) is 3.06. The van der Waals surface area contributed by atoms with Crippen molar-refractivity contribution >= 4 is 11.6 Å². The molecule has 1 N–H and O–H groups in total. The quantitative estimate of drug-likeness (QED) is 0.838. The monoisotopic (exact) mass is 226 g/mol. The molecule has 2 heterocycles. The Labute approximate surface area is 102 Å². The van der Waals surface area contributed by atoms with E-state index in [9.17, 15) is 0 Å². The average Bonchev–Trinajstić information content (AvgIpc) is 2.87. The first-order valence-corrected chi connectivity index (χ1v) is 6.37.